The average Bonchev–Trinajstić information content (AvgIpc) is 2.90. The fraction of sp³-hybridized carbons (Fsp3) is 0.0741. The summed E-state index contributed by atoms with van der Waals surface area (Å²) in [5, 5.41) is 11.2. The van der Waals surface area contributed by atoms with Crippen molar-refractivity contribution in [3.63, 3.8) is 0 Å². The van der Waals surface area contributed by atoms with Crippen molar-refractivity contribution in [1.29, 1.82) is 0 Å². The Morgan fingerprint density at radius 1 is 0.919 bits per heavy atom. The van der Waals surface area contributed by atoms with Crippen LogP contribution < -0.4 is 15.0 Å². The van der Waals surface area contributed by atoms with Gasteiger partial charge in [-0.2, -0.15) is 0 Å². The van der Waals surface area contributed by atoms with E-state index in [0.717, 1.165) is 4.90 Å². The Morgan fingerprint density at radius 2 is 1.57 bits per heavy atom. The topological polar surface area (TPSA) is 139 Å². The summed E-state index contributed by atoms with van der Waals surface area (Å²) < 4.78 is 10.5. The second-order valence-corrected chi connectivity index (χ2v) is 7.82. The van der Waals surface area contributed by atoms with Crippen LogP contribution in [0, 0.1) is 0 Å². The normalized spacial score (nSPS) is 14.4. The summed E-state index contributed by atoms with van der Waals surface area (Å²) in [6, 6.07) is 17.5. The van der Waals surface area contributed by atoms with Crippen molar-refractivity contribution in [3.8, 4) is 5.75 Å². The summed E-state index contributed by atoms with van der Waals surface area (Å²) in [6.45, 7) is 0.109. The molecule has 0 saturated carbocycles. The van der Waals surface area contributed by atoms with E-state index in [1.165, 1.54) is 49.6 Å². The van der Waals surface area contributed by atoms with Crippen LogP contribution in [-0.2, 0) is 20.9 Å². The fourth-order valence-corrected chi connectivity index (χ4v) is 3.55. The zero-order valence-electron chi connectivity index (χ0n) is 19.5. The molecule has 10 heteroatoms. The summed E-state index contributed by atoms with van der Waals surface area (Å²) in [6.07, 6.45) is 1.32. The number of hydrogen-bond acceptors (Lipinski definition) is 7. The second kappa shape index (κ2) is 10.6. The molecule has 186 valence electrons. The number of barbiturate groups is 1. The van der Waals surface area contributed by atoms with Crippen LogP contribution in [0.25, 0.3) is 6.08 Å². The van der Waals surface area contributed by atoms with Crippen LogP contribution in [0.1, 0.15) is 31.8 Å². The number of benzene rings is 3. The van der Waals surface area contributed by atoms with Gasteiger partial charge in [-0.05, 0) is 54.1 Å². The van der Waals surface area contributed by atoms with Gasteiger partial charge in [-0.15, -0.1) is 0 Å². The van der Waals surface area contributed by atoms with Crippen LogP contribution in [0.4, 0.5) is 10.5 Å². The van der Waals surface area contributed by atoms with Crippen molar-refractivity contribution in [2.45, 2.75) is 6.61 Å². The molecule has 0 atom stereocenters. The number of carbonyl (C=O) groups excluding carboxylic acids is 4. The summed E-state index contributed by atoms with van der Waals surface area (Å²) in [7, 11) is 1.23. The summed E-state index contributed by atoms with van der Waals surface area (Å²) >= 11 is 0. The van der Waals surface area contributed by atoms with Crippen molar-refractivity contribution in [3.05, 3.63) is 101 Å². The van der Waals surface area contributed by atoms with E-state index in [1.54, 1.807) is 36.4 Å². The molecular weight excluding hydrogens is 480 g/mol. The minimum atomic E-state index is -1.04. The van der Waals surface area contributed by atoms with Gasteiger partial charge in [0.05, 0.1) is 23.9 Å². The van der Waals surface area contributed by atoms with E-state index in [-0.39, 0.29) is 29.0 Å². The number of imide groups is 2. The highest BCUT2D eigenvalue weighted by Gasteiger charge is 2.37. The summed E-state index contributed by atoms with van der Waals surface area (Å²) in [4.78, 5) is 61.7. The van der Waals surface area contributed by atoms with Crippen LogP contribution in [0.5, 0.6) is 5.75 Å². The molecule has 37 heavy (non-hydrogen) atoms. The third-order valence-electron chi connectivity index (χ3n) is 5.46. The maximum Gasteiger partial charge on any atom is 0.337 e. The number of carboxylic acid groups (broad SMARTS) is 1. The summed E-state index contributed by atoms with van der Waals surface area (Å²) in [5.41, 5.74) is 1.37. The minimum absolute atomic E-state index is 0.109. The van der Waals surface area contributed by atoms with E-state index in [4.69, 9.17) is 9.84 Å². The third kappa shape index (κ3) is 5.38. The predicted octanol–water partition coefficient (Wildman–Crippen LogP) is 3.42. The van der Waals surface area contributed by atoms with E-state index in [9.17, 15) is 24.0 Å². The lowest BCUT2D eigenvalue weighted by Gasteiger charge is -2.26. The second-order valence-electron chi connectivity index (χ2n) is 7.82. The highest BCUT2D eigenvalue weighted by Crippen LogP contribution is 2.26. The van der Waals surface area contributed by atoms with E-state index in [2.05, 4.69) is 10.1 Å². The number of amides is 4. The standard InChI is InChI=1S/C27H20N2O8/c1-36-26(34)18-10-12-20(13-11-18)29-24(31)21(23(30)28-27(29)35)14-19-4-2-3-5-22(19)37-15-16-6-8-17(9-7-16)25(32)33/h2-14H,15H2,1H3,(H,32,33)(H,28,30,35)/b21-14-. The molecule has 10 nitrogen and oxygen atoms in total. The molecule has 1 saturated heterocycles. The van der Waals surface area contributed by atoms with Crippen molar-refractivity contribution >= 4 is 41.5 Å². The van der Waals surface area contributed by atoms with Gasteiger partial charge in [0.1, 0.15) is 17.9 Å². The van der Waals surface area contributed by atoms with Crippen LogP contribution in [0.2, 0.25) is 0 Å². The average molecular weight is 500 g/mol. The van der Waals surface area contributed by atoms with Crippen molar-refractivity contribution in [2.24, 2.45) is 0 Å². The SMILES string of the molecule is COC(=O)c1ccc(N2C(=O)NC(=O)/C(=C/c3ccccc3OCc3ccc(C(=O)O)cc3)C2=O)cc1. The lowest BCUT2D eigenvalue weighted by atomic mass is 10.1. The highest BCUT2D eigenvalue weighted by molar-refractivity contribution is 6.39. The van der Waals surface area contributed by atoms with Gasteiger partial charge in [0.15, 0.2) is 0 Å². The van der Waals surface area contributed by atoms with Gasteiger partial charge in [0.25, 0.3) is 11.8 Å². The largest absolute Gasteiger partial charge is 0.488 e. The van der Waals surface area contributed by atoms with E-state index in [0.29, 0.717) is 16.9 Å². The summed E-state index contributed by atoms with van der Waals surface area (Å²) in [5.74, 6) is -2.96. The van der Waals surface area contributed by atoms with Gasteiger partial charge in [0, 0.05) is 5.56 Å². The number of urea groups is 1. The molecule has 0 radical (unpaired) electrons. The van der Waals surface area contributed by atoms with Crippen LogP contribution in [-0.4, -0.2) is 42.0 Å². The predicted molar refractivity (Wildman–Crippen MR) is 131 cm³/mol. The number of carboxylic acids is 1. The molecule has 4 rings (SSSR count). The van der Waals surface area contributed by atoms with Crippen LogP contribution >= 0.6 is 0 Å². The maximum atomic E-state index is 13.2. The number of methoxy groups -OCH3 is 1. The molecule has 0 bridgehead atoms. The third-order valence-corrected chi connectivity index (χ3v) is 5.46. The van der Waals surface area contributed by atoms with Crippen LogP contribution in [0.3, 0.4) is 0 Å². The Hall–Kier alpha value is -5.25. The number of rotatable bonds is 7. The molecule has 0 aliphatic carbocycles. The van der Waals surface area contributed by atoms with Crippen molar-refractivity contribution in [2.75, 3.05) is 12.0 Å². The molecule has 1 heterocycles. The Labute approximate surface area is 210 Å². The van der Waals surface area contributed by atoms with E-state index < -0.39 is 29.8 Å². The zero-order chi connectivity index (χ0) is 26.5. The Morgan fingerprint density at radius 3 is 2.22 bits per heavy atom. The molecule has 1 aliphatic rings. The van der Waals surface area contributed by atoms with Gasteiger partial charge in [-0.1, -0.05) is 30.3 Å². The zero-order valence-corrected chi connectivity index (χ0v) is 19.5. The molecule has 0 spiro atoms. The van der Waals surface area contributed by atoms with Gasteiger partial charge in [-0.3, -0.25) is 14.9 Å². The molecule has 3 aromatic rings. The Bertz CT molecular complexity index is 1430. The number of carbonyl (C=O) groups is 5. The van der Waals surface area contributed by atoms with Gasteiger partial charge >= 0.3 is 18.0 Å². The van der Waals surface area contributed by atoms with Crippen LogP contribution in [0.15, 0.2) is 78.4 Å². The number of hydrogen-bond donors (Lipinski definition) is 2. The Balaban J connectivity index is 1.58. The van der Waals surface area contributed by atoms with Gasteiger partial charge < -0.3 is 14.6 Å². The molecule has 4 amide bonds. The number of nitrogens with one attached hydrogen (secondary N) is 1. The first kappa shape index (κ1) is 24.9. The number of aromatic carboxylic acids is 1. The number of anilines is 1. The molecule has 2 N–H and O–H groups in total. The number of para-hydroxylation sites is 1. The molecule has 0 unspecified atom stereocenters. The Kier molecular flexibility index (Phi) is 7.10. The molecular formula is C27H20N2O8. The van der Waals surface area contributed by atoms with Crippen molar-refractivity contribution in [1.82, 2.24) is 5.32 Å². The molecule has 1 aliphatic heterocycles. The van der Waals surface area contributed by atoms with E-state index in [1.807, 2.05) is 0 Å². The smallest absolute Gasteiger partial charge is 0.337 e. The lowest BCUT2D eigenvalue weighted by molar-refractivity contribution is -0.122. The lowest BCUT2D eigenvalue weighted by Crippen LogP contribution is -2.54. The molecule has 3 aromatic carbocycles. The van der Waals surface area contributed by atoms with Crippen molar-refractivity contribution < 1.29 is 38.6 Å². The number of esters is 1. The van der Waals surface area contributed by atoms with Gasteiger partial charge in [-0.25, -0.2) is 19.3 Å². The van der Waals surface area contributed by atoms with E-state index >= 15 is 0 Å². The first-order valence-electron chi connectivity index (χ1n) is 10.9. The fourth-order valence-electron chi connectivity index (χ4n) is 3.55. The molecule has 1 fully saturated rings. The van der Waals surface area contributed by atoms with Gasteiger partial charge in [0.2, 0.25) is 0 Å². The quantitative estimate of drug-likeness (QED) is 0.286. The maximum absolute atomic E-state index is 13.2. The minimum Gasteiger partial charge on any atom is -0.488 e. The monoisotopic (exact) mass is 500 g/mol. The molecule has 0 aromatic heterocycles. The number of nitrogens with zero attached hydrogens (tertiary/aromatic N) is 1. The highest BCUT2D eigenvalue weighted by atomic mass is 16.5. The first-order valence-corrected chi connectivity index (χ1v) is 10.9. The first-order chi connectivity index (χ1) is 17.8. The number of ether oxygens (including phenoxy) is 2.